The quantitative estimate of drug-likeness (QED) is 0.904. The van der Waals surface area contributed by atoms with E-state index in [4.69, 9.17) is 0 Å². The van der Waals surface area contributed by atoms with E-state index in [9.17, 15) is 4.79 Å². The zero-order chi connectivity index (χ0) is 16.8. The standard InChI is InChI=1S/C20H26N4O/c25-20(21-18-12-24-9-7-14(18)8-10-24)19-16-11-15(13-3-1-2-4-13)5-6-17(16)22-23-19/h5-6,11,13-14,18H,1-4,7-10,12H2,(H,21,25)(H,22,23)/t18-/m1/s1. The average molecular weight is 338 g/mol. The second-order valence-electron chi connectivity index (χ2n) is 8.08. The number of carbonyl (C=O) groups excluding carboxylic acids is 1. The fourth-order valence-electron chi connectivity index (χ4n) is 5.08. The van der Waals surface area contributed by atoms with Crippen molar-refractivity contribution in [3.63, 3.8) is 0 Å². The first kappa shape index (κ1) is 15.4. The van der Waals surface area contributed by atoms with E-state index in [-0.39, 0.29) is 11.9 Å². The number of rotatable bonds is 3. The lowest BCUT2D eigenvalue weighted by molar-refractivity contribution is 0.0618. The number of amides is 1. The summed E-state index contributed by atoms with van der Waals surface area (Å²) in [6.45, 7) is 3.37. The summed E-state index contributed by atoms with van der Waals surface area (Å²) in [4.78, 5) is 15.3. The molecule has 1 amide bonds. The third kappa shape index (κ3) is 2.74. The molecule has 2 bridgehead atoms. The fourth-order valence-corrected chi connectivity index (χ4v) is 5.08. The summed E-state index contributed by atoms with van der Waals surface area (Å²) in [7, 11) is 0. The Morgan fingerprint density at radius 3 is 2.68 bits per heavy atom. The highest BCUT2D eigenvalue weighted by atomic mass is 16.2. The average Bonchev–Trinajstić information content (AvgIpc) is 3.32. The van der Waals surface area contributed by atoms with E-state index >= 15 is 0 Å². The molecular weight excluding hydrogens is 312 g/mol. The Bertz CT molecular complexity index is 784. The van der Waals surface area contributed by atoms with Crippen molar-refractivity contribution in [2.45, 2.75) is 50.5 Å². The van der Waals surface area contributed by atoms with Crippen molar-refractivity contribution in [3.8, 4) is 0 Å². The number of benzene rings is 1. The van der Waals surface area contributed by atoms with Gasteiger partial charge < -0.3 is 10.2 Å². The van der Waals surface area contributed by atoms with Crippen LogP contribution in [0.2, 0.25) is 0 Å². The predicted molar refractivity (Wildman–Crippen MR) is 97.7 cm³/mol. The van der Waals surface area contributed by atoms with Crippen LogP contribution >= 0.6 is 0 Å². The smallest absolute Gasteiger partial charge is 0.272 e. The van der Waals surface area contributed by atoms with E-state index in [1.165, 1.54) is 57.2 Å². The second kappa shape index (κ2) is 6.13. The van der Waals surface area contributed by atoms with Gasteiger partial charge in [-0.1, -0.05) is 18.9 Å². The van der Waals surface area contributed by atoms with Gasteiger partial charge in [-0.3, -0.25) is 9.89 Å². The van der Waals surface area contributed by atoms with Crippen LogP contribution in [-0.4, -0.2) is 46.7 Å². The monoisotopic (exact) mass is 338 g/mol. The Labute approximate surface area is 148 Å². The number of aromatic nitrogens is 2. The van der Waals surface area contributed by atoms with Gasteiger partial charge in [0.2, 0.25) is 0 Å². The SMILES string of the molecule is O=C(N[C@@H]1CN2CCC1CC2)c1n[nH]c2ccc(C3CCCC3)cc12. The highest BCUT2D eigenvalue weighted by molar-refractivity contribution is 6.05. The minimum Gasteiger partial charge on any atom is -0.346 e. The third-order valence-corrected chi connectivity index (χ3v) is 6.60. The Morgan fingerprint density at radius 2 is 1.96 bits per heavy atom. The lowest BCUT2D eigenvalue weighted by Gasteiger charge is -2.44. The molecule has 3 saturated heterocycles. The Kier molecular flexibility index (Phi) is 3.77. The lowest BCUT2D eigenvalue weighted by atomic mass is 9.84. The number of aromatic amines is 1. The van der Waals surface area contributed by atoms with Crippen LogP contribution < -0.4 is 5.32 Å². The topological polar surface area (TPSA) is 61.0 Å². The molecule has 5 nitrogen and oxygen atoms in total. The maximum atomic E-state index is 12.9. The first-order valence-electron chi connectivity index (χ1n) is 9.79. The van der Waals surface area contributed by atoms with E-state index in [0.717, 1.165) is 17.4 Å². The molecule has 1 aromatic carbocycles. The van der Waals surface area contributed by atoms with Gasteiger partial charge in [-0.2, -0.15) is 5.10 Å². The second-order valence-corrected chi connectivity index (χ2v) is 8.08. The maximum Gasteiger partial charge on any atom is 0.272 e. The van der Waals surface area contributed by atoms with E-state index in [2.05, 4.69) is 38.6 Å². The molecular formula is C20H26N4O. The largest absolute Gasteiger partial charge is 0.346 e. The summed E-state index contributed by atoms with van der Waals surface area (Å²) < 4.78 is 0. The molecule has 0 spiro atoms. The fraction of sp³-hybridized carbons (Fsp3) is 0.600. The van der Waals surface area contributed by atoms with Gasteiger partial charge in [-0.25, -0.2) is 0 Å². The van der Waals surface area contributed by atoms with Gasteiger partial charge in [0.15, 0.2) is 5.69 Å². The Morgan fingerprint density at radius 1 is 1.16 bits per heavy atom. The molecule has 5 heteroatoms. The molecule has 132 valence electrons. The zero-order valence-corrected chi connectivity index (χ0v) is 14.6. The highest BCUT2D eigenvalue weighted by Crippen LogP contribution is 2.35. The van der Waals surface area contributed by atoms with Crippen LogP contribution in [0, 0.1) is 5.92 Å². The molecule has 4 aliphatic rings. The van der Waals surface area contributed by atoms with Gasteiger partial charge in [0.05, 0.1) is 5.52 Å². The minimum absolute atomic E-state index is 0.0198. The van der Waals surface area contributed by atoms with Crippen LogP contribution in [0.25, 0.3) is 10.9 Å². The number of nitrogens with zero attached hydrogens (tertiary/aromatic N) is 2. The van der Waals surface area contributed by atoms with Gasteiger partial charge in [0.25, 0.3) is 5.91 Å². The number of nitrogens with one attached hydrogen (secondary N) is 2. The summed E-state index contributed by atoms with van der Waals surface area (Å²) >= 11 is 0. The van der Waals surface area contributed by atoms with Crippen LogP contribution in [0.4, 0.5) is 0 Å². The van der Waals surface area contributed by atoms with Gasteiger partial charge in [0.1, 0.15) is 0 Å². The first-order chi connectivity index (χ1) is 12.3. The third-order valence-electron chi connectivity index (χ3n) is 6.60. The zero-order valence-electron chi connectivity index (χ0n) is 14.6. The molecule has 1 aliphatic carbocycles. The van der Waals surface area contributed by atoms with Crippen molar-refractivity contribution in [2.24, 2.45) is 5.92 Å². The number of hydrogen-bond acceptors (Lipinski definition) is 3. The Hall–Kier alpha value is -1.88. The first-order valence-corrected chi connectivity index (χ1v) is 9.79. The lowest BCUT2D eigenvalue weighted by Crippen LogP contribution is -2.57. The molecule has 1 saturated carbocycles. The molecule has 3 aliphatic heterocycles. The van der Waals surface area contributed by atoms with Gasteiger partial charge >= 0.3 is 0 Å². The number of piperidine rings is 3. The van der Waals surface area contributed by atoms with E-state index in [1.54, 1.807) is 0 Å². The highest BCUT2D eigenvalue weighted by Gasteiger charge is 2.35. The summed E-state index contributed by atoms with van der Waals surface area (Å²) in [5, 5.41) is 11.6. The van der Waals surface area contributed by atoms with Crippen LogP contribution in [0.3, 0.4) is 0 Å². The van der Waals surface area contributed by atoms with Crippen LogP contribution in [-0.2, 0) is 0 Å². The molecule has 0 unspecified atom stereocenters. The molecule has 25 heavy (non-hydrogen) atoms. The molecule has 2 aromatic rings. The summed E-state index contributed by atoms with van der Waals surface area (Å²) in [5.41, 5.74) is 2.88. The van der Waals surface area contributed by atoms with Crippen molar-refractivity contribution >= 4 is 16.8 Å². The van der Waals surface area contributed by atoms with Crippen molar-refractivity contribution in [3.05, 3.63) is 29.5 Å². The van der Waals surface area contributed by atoms with E-state index < -0.39 is 0 Å². The molecule has 2 N–H and O–H groups in total. The van der Waals surface area contributed by atoms with Crippen LogP contribution in [0.5, 0.6) is 0 Å². The molecule has 4 fully saturated rings. The Balaban J connectivity index is 1.39. The van der Waals surface area contributed by atoms with Crippen LogP contribution in [0.15, 0.2) is 18.2 Å². The van der Waals surface area contributed by atoms with Gasteiger partial charge in [0, 0.05) is 18.0 Å². The van der Waals surface area contributed by atoms with Crippen molar-refractivity contribution in [2.75, 3.05) is 19.6 Å². The van der Waals surface area contributed by atoms with Gasteiger partial charge in [-0.15, -0.1) is 0 Å². The maximum absolute atomic E-state index is 12.9. The molecule has 6 rings (SSSR count). The van der Waals surface area contributed by atoms with Crippen molar-refractivity contribution in [1.29, 1.82) is 0 Å². The van der Waals surface area contributed by atoms with E-state index in [1.807, 2.05) is 0 Å². The molecule has 4 heterocycles. The number of carbonyl (C=O) groups is 1. The van der Waals surface area contributed by atoms with Crippen molar-refractivity contribution in [1.82, 2.24) is 20.4 Å². The van der Waals surface area contributed by atoms with E-state index in [0.29, 0.717) is 17.5 Å². The van der Waals surface area contributed by atoms with Crippen molar-refractivity contribution < 1.29 is 4.79 Å². The van der Waals surface area contributed by atoms with Crippen LogP contribution in [0.1, 0.15) is 60.5 Å². The molecule has 1 atom stereocenters. The summed E-state index contributed by atoms with van der Waals surface area (Å²) in [6.07, 6.45) is 7.59. The minimum atomic E-state index is -0.0198. The summed E-state index contributed by atoms with van der Waals surface area (Å²) in [5.74, 6) is 1.26. The van der Waals surface area contributed by atoms with Gasteiger partial charge in [-0.05, 0) is 68.3 Å². The normalized spacial score (nSPS) is 29.4. The number of hydrogen-bond donors (Lipinski definition) is 2. The molecule has 0 radical (unpaired) electrons. The number of fused-ring (bicyclic) bond motifs is 4. The number of H-pyrrole nitrogens is 1. The summed E-state index contributed by atoms with van der Waals surface area (Å²) in [6, 6.07) is 6.76. The molecule has 1 aromatic heterocycles. The predicted octanol–water partition coefficient (Wildman–Crippen LogP) is 3.04.